The minimum Gasteiger partial charge on any atom is -0.396 e. The molecule has 0 radical (unpaired) electrons. The van der Waals surface area contributed by atoms with E-state index in [0.717, 1.165) is 18.8 Å². The van der Waals surface area contributed by atoms with Gasteiger partial charge in [0, 0.05) is 6.61 Å². The summed E-state index contributed by atoms with van der Waals surface area (Å²) in [5, 5.41) is 19.3. The first-order chi connectivity index (χ1) is 6.00. The van der Waals surface area contributed by atoms with Crippen LogP contribution in [0.25, 0.3) is 0 Å². The van der Waals surface area contributed by atoms with Crippen molar-refractivity contribution in [2.24, 2.45) is 17.3 Å². The zero-order valence-corrected chi connectivity index (χ0v) is 8.58. The van der Waals surface area contributed by atoms with Crippen LogP contribution in [0.4, 0.5) is 0 Å². The van der Waals surface area contributed by atoms with Crippen LogP contribution in [0.3, 0.4) is 0 Å². The van der Waals surface area contributed by atoms with Crippen LogP contribution >= 0.6 is 0 Å². The predicted molar refractivity (Wildman–Crippen MR) is 51.3 cm³/mol. The topological polar surface area (TPSA) is 40.5 Å². The first kappa shape index (κ1) is 9.47. The Hall–Kier alpha value is -0.0800. The van der Waals surface area contributed by atoms with Crippen molar-refractivity contribution in [3.8, 4) is 0 Å². The second-order valence-corrected chi connectivity index (χ2v) is 5.42. The highest BCUT2D eigenvalue weighted by Gasteiger charge is 2.60. The fraction of sp³-hybridized carbons (Fsp3) is 1.00. The van der Waals surface area contributed by atoms with Crippen LogP contribution < -0.4 is 0 Å². The minimum atomic E-state index is -0.562. The van der Waals surface area contributed by atoms with Gasteiger partial charge in [0.25, 0.3) is 0 Å². The van der Waals surface area contributed by atoms with Gasteiger partial charge in [0.15, 0.2) is 0 Å². The van der Waals surface area contributed by atoms with Crippen molar-refractivity contribution in [3.05, 3.63) is 0 Å². The van der Waals surface area contributed by atoms with Crippen LogP contribution in [-0.4, -0.2) is 22.4 Å². The third kappa shape index (κ3) is 1.15. The van der Waals surface area contributed by atoms with E-state index < -0.39 is 5.60 Å². The van der Waals surface area contributed by atoms with Crippen molar-refractivity contribution in [1.82, 2.24) is 0 Å². The monoisotopic (exact) mass is 184 g/mol. The van der Waals surface area contributed by atoms with Gasteiger partial charge < -0.3 is 10.2 Å². The second kappa shape index (κ2) is 2.71. The average Bonchev–Trinajstić information content (AvgIpc) is 2.03. The van der Waals surface area contributed by atoms with Crippen molar-refractivity contribution >= 4 is 0 Å². The summed E-state index contributed by atoms with van der Waals surface area (Å²) in [6.07, 6.45) is 3.77. The largest absolute Gasteiger partial charge is 0.396 e. The lowest BCUT2D eigenvalue weighted by Gasteiger charge is -2.63. The Kier molecular flexibility index (Phi) is 1.97. The number of rotatable bonds is 2. The third-order valence-corrected chi connectivity index (χ3v) is 4.59. The number of aliphatic hydroxyl groups is 2. The van der Waals surface area contributed by atoms with E-state index in [4.69, 9.17) is 5.11 Å². The summed E-state index contributed by atoms with van der Waals surface area (Å²) in [7, 11) is 0. The number of aliphatic hydroxyl groups excluding tert-OH is 1. The smallest absolute Gasteiger partial charge is 0.0703 e. The molecule has 0 aliphatic heterocycles. The van der Waals surface area contributed by atoms with Gasteiger partial charge in [-0.2, -0.15) is 0 Å². The van der Waals surface area contributed by atoms with Crippen molar-refractivity contribution in [2.75, 3.05) is 6.61 Å². The molecule has 0 amide bonds. The van der Waals surface area contributed by atoms with E-state index >= 15 is 0 Å². The minimum absolute atomic E-state index is 0.119. The van der Waals surface area contributed by atoms with Gasteiger partial charge >= 0.3 is 0 Å². The van der Waals surface area contributed by atoms with E-state index in [1.807, 2.05) is 0 Å². The molecule has 2 heteroatoms. The van der Waals surface area contributed by atoms with Crippen molar-refractivity contribution in [3.63, 3.8) is 0 Å². The summed E-state index contributed by atoms with van der Waals surface area (Å²) in [6, 6.07) is 0. The third-order valence-electron chi connectivity index (χ3n) is 4.59. The molecule has 3 atom stereocenters. The maximum absolute atomic E-state index is 10.4. The standard InChI is InChI=1S/C11H20O2/c1-10(2)8-3-4-11(13,5-6-12)9(10)7-8/h8-9,12-13H,3-7H2,1-2H3. The molecule has 0 aromatic heterocycles. The van der Waals surface area contributed by atoms with E-state index in [-0.39, 0.29) is 6.61 Å². The summed E-state index contributed by atoms with van der Waals surface area (Å²) < 4.78 is 0. The predicted octanol–water partition coefficient (Wildman–Crippen LogP) is 1.56. The van der Waals surface area contributed by atoms with Crippen LogP contribution in [0, 0.1) is 17.3 Å². The van der Waals surface area contributed by atoms with Crippen LogP contribution in [0.1, 0.15) is 39.5 Å². The van der Waals surface area contributed by atoms with Crippen LogP contribution in [-0.2, 0) is 0 Å². The van der Waals surface area contributed by atoms with Gasteiger partial charge in [-0.15, -0.1) is 0 Å². The van der Waals surface area contributed by atoms with Gasteiger partial charge in [-0.05, 0) is 42.9 Å². The Morgan fingerprint density at radius 3 is 2.54 bits per heavy atom. The molecular formula is C11H20O2. The fourth-order valence-corrected chi connectivity index (χ4v) is 3.51. The highest BCUT2D eigenvalue weighted by Crippen LogP contribution is 2.63. The van der Waals surface area contributed by atoms with Gasteiger partial charge in [-0.1, -0.05) is 13.8 Å². The first-order valence-corrected chi connectivity index (χ1v) is 5.34. The molecule has 3 rings (SSSR count). The van der Waals surface area contributed by atoms with Gasteiger partial charge in [0.05, 0.1) is 5.60 Å². The molecule has 3 aliphatic rings. The highest BCUT2D eigenvalue weighted by atomic mass is 16.3. The molecule has 0 aromatic rings. The molecule has 3 unspecified atom stereocenters. The summed E-state index contributed by atoms with van der Waals surface area (Å²) in [5.41, 5.74) is -0.255. The Labute approximate surface area is 80.0 Å². The zero-order valence-electron chi connectivity index (χ0n) is 8.58. The van der Waals surface area contributed by atoms with Gasteiger partial charge in [0.2, 0.25) is 0 Å². The Bertz CT molecular complexity index is 206. The summed E-state index contributed by atoms with van der Waals surface area (Å²) in [6.45, 7) is 4.63. The van der Waals surface area contributed by atoms with Crippen molar-refractivity contribution in [2.45, 2.75) is 45.1 Å². The molecule has 3 aliphatic carbocycles. The molecule has 2 nitrogen and oxygen atoms in total. The molecular weight excluding hydrogens is 164 g/mol. The zero-order chi connectivity index (χ0) is 9.69. The molecule has 0 heterocycles. The van der Waals surface area contributed by atoms with E-state index in [9.17, 15) is 5.11 Å². The highest BCUT2D eigenvalue weighted by molar-refractivity contribution is 5.10. The molecule has 76 valence electrons. The van der Waals surface area contributed by atoms with Crippen LogP contribution in [0.15, 0.2) is 0 Å². The van der Waals surface area contributed by atoms with E-state index in [0.29, 0.717) is 17.8 Å². The molecule has 0 spiro atoms. The van der Waals surface area contributed by atoms with E-state index in [1.165, 1.54) is 6.42 Å². The molecule has 3 fully saturated rings. The molecule has 0 aromatic carbocycles. The quantitative estimate of drug-likeness (QED) is 0.683. The second-order valence-electron chi connectivity index (χ2n) is 5.42. The lowest BCUT2D eigenvalue weighted by atomic mass is 9.43. The average molecular weight is 184 g/mol. The number of hydrogen-bond acceptors (Lipinski definition) is 2. The van der Waals surface area contributed by atoms with Gasteiger partial charge in [-0.25, -0.2) is 0 Å². The number of fused-ring (bicyclic) bond motifs is 2. The summed E-state index contributed by atoms with van der Waals surface area (Å²) in [5.74, 6) is 1.24. The lowest BCUT2D eigenvalue weighted by Crippen LogP contribution is -2.61. The van der Waals surface area contributed by atoms with E-state index in [2.05, 4.69) is 13.8 Å². The van der Waals surface area contributed by atoms with Gasteiger partial charge in [-0.3, -0.25) is 0 Å². The first-order valence-electron chi connectivity index (χ1n) is 5.34. The van der Waals surface area contributed by atoms with Crippen LogP contribution in [0.5, 0.6) is 0 Å². The summed E-state index contributed by atoms with van der Waals surface area (Å²) in [4.78, 5) is 0. The molecule has 13 heavy (non-hydrogen) atoms. The Balaban J connectivity index is 2.14. The van der Waals surface area contributed by atoms with Crippen molar-refractivity contribution in [1.29, 1.82) is 0 Å². The number of hydrogen-bond donors (Lipinski definition) is 2. The van der Waals surface area contributed by atoms with E-state index in [1.54, 1.807) is 0 Å². The molecule has 2 bridgehead atoms. The SMILES string of the molecule is CC1(C)C2CCC(O)(CCO)C1C2. The molecule has 2 N–H and O–H groups in total. The summed E-state index contributed by atoms with van der Waals surface area (Å²) >= 11 is 0. The van der Waals surface area contributed by atoms with Crippen LogP contribution in [0.2, 0.25) is 0 Å². The maximum atomic E-state index is 10.4. The molecule has 3 saturated carbocycles. The Morgan fingerprint density at radius 2 is 2.08 bits per heavy atom. The maximum Gasteiger partial charge on any atom is 0.0703 e. The Morgan fingerprint density at radius 1 is 1.38 bits per heavy atom. The normalized spacial score (nSPS) is 47.1. The fourth-order valence-electron chi connectivity index (χ4n) is 3.51. The van der Waals surface area contributed by atoms with Crippen molar-refractivity contribution < 1.29 is 10.2 Å². The lowest BCUT2D eigenvalue weighted by molar-refractivity contribution is -0.207. The van der Waals surface area contributed by atoms with Gasteiger partial charge in [0.1, 0.15) is 0 Å². The molecule has 0 saturated heterocycles.